The molecule has 102 valence electrons. The smallest absolute Gasteiger partial charge is 0.287 e. The van der Waals surface area contributed by atoms with Gasteiger partial charge in [0.1, 0.15) is 5.58 Å². The zero-order valence-corrected chi connectivity index (χ0v) is 11.8. The van der Waals surface area contributed by atoms with Gasteiger partial charge in [-0.3, -0.25) is 4.79 Å². The van der Waals surface area contributed by atoms with E-state index in [2.05, 4.69) is 5.32 Å². The van der Waals surface area contributed by atoms with Gasteiger partial charge >= 0.3 is 0 Å². The van der Waals surface area contributed by atoms with Crippen molar-refractivity contribution in [1.82, 2.24) is 5.32 Å². The largest absolute Gasteiger partial charge is 0.451 e. The first-order valence-corrected chi connectivity index (χ1v) is 6.35. The first-order chi connectivity index (χ1) is 8.78. The van der Waals surface area contributed by atoms with Gasteiger partial charge in [-0.2, -0.15) is 0 Å². The predicted octanol–water partition coefficient (Wildman–Crippen LogP) is 2.90. The number of amides is 1. The van der Waals surface area contributed by atoms with E-state index >= 15 is 0 Å². The average Bonchev–Trinajstić information content (AvgIpc) is 2.63. The van der Waals surface area contributed by atoms with E-state index in [-0.39, 0.29) is 18.2 Å². The average molecular weight is 282 g/mol. The van der Waals surface area contributed by atoms with Crippen LogP contribution in [0.1, 0.15) is 30.0 Å². The Kier molecular flexibility index (Phi) is 3.56. The molecule has 2 rings (SSSR count). The van der Waals surface area contributed by atoms with Gasteiger partial charge in [0.2, 0.25) is 0 Å². The molecule has 0 fully saturated rings. The van der Waals surface area contributed by atoms with Crippen LogP contribution in [-0.4, -0.2) is 23.2 Å². The molecule has 0 saturated heterocycles. The summed E-state index contributed by atoms with van der Waals surface area (Å²) in [6.07, 6.45) is 0. The molecule has 0 atom stereocenters. The van der Waals surface area contributed by atoms with Crippen molar-refractivity contribution in [3.05, 3.63) is 34.5 Å². The number of halogens is 1. The van der Waals surface area contributed by atoms with Crippen molar-refractivity contribution >= 4 is 28.5 Å². The Hall–Kier alpha value is -1.52. The first kappa shape index (κ1) is 13.9. The number of benzene rings is 1. The number of aryl methyl sites for hydroxylation is 1. The highest BCUT2D eigenvalue weighted by Crippen LogP contribution is 2.27. The lowest BCUT2D eigenvalue weighted by molar-refractivity contribution is 0.0681. The lowest BCUT2D eigenvalue weighted by Crippen LogP contribution is -2.38. The Morgan fingerprint density at radius 3 is 2.79 bits per heavy atom. The van der Waals surface area contributed by atoms with E-state index in [9.17, 15) is 9.90 Å². The standard InChI is InChI=1S/C14H16ClNO3/c1-8-10-6-9(15)4-5-11(10)19-12(8)13(17)16-7-14(2,3)18/h4-6,18H,7H2,1-3H3,(H,16,17). The SMILES string of the molecule is Cc1c(C(=O)NCC(C)(C)O)oc2ccc(Cl)cc12. The third kappa shape index (κ3) is 3.08. The number of furan rings is 1. The molecule has 1 heterocycles. The third-order valence-corrected chi connectivity index (χ3v) is 3.02. The van der Waals surface area contributed by atoms with Crippen LogP contribution in [0.2, 0.25) is 5.02 Å². The molecule has 0 bridgehead atoms. The van der Waals surface area contributed by atoms with Crippen LogP contribution in [0, 0.1) is 6.92 Å². The summed E-state index contributed by atoms with van der Waals surface area (Å²) >= 11 is 5.93. The number of rotatable bonds is 3. The van der Waals surface area contributed by atoms with E-state index in [1.807, 2.05) is 0 Å². The second kappa shape index (κ2) is 4.87. The van der Waals surface area contributed by atoms with E-state index in [0.29, 0.717) is 10.6 Å². The molecular weight excluding hydrogens is 266 g/mol. The van der Waals surface area contributed by atoms with Gasteiger partial charge in [-0.1, -0.05) is 11.6 Å². The molecule has 1 aromatic carbocycles. The van der Waals surface area contributed by atoms with Gasteiger partial charge in [-0.25, -0.2) is 0 Å². The van der Waals surface area contributed by atoms with Gasteiger partial charge < -0.3 is 14.8 Å². The van der Waals surface area contributed by atoms with Gasteiger partial charge in [-0.05, 0) is 39.0 Å². The number of carbonyl (C=O) groups excluding carboxylic acids is 1. The highest BCUT2D eigenvalue weighted by Gasteiger charge is 2.20. The molecule has 1 amide bonds. The van der Waals surface area contributed by atoms with Crippen molar-refractivity contribution in [2.75, 3.05) is 6.54 Å². The summed E-state index contributed by atoms with van der Waals surface area (Å²) in [6.45, 7) is 5.21. The number of hydrogen-bond acceptors (Lipinski definition) is 3. The number of carbonyl (C=O) groups is 1. The summed E-state index contributed by atoms with van der Waals surface area (Å²) in [5.41, 5.74) is 0.403. The third-order valence-electron chi connectivity index (χ3n) is 2.79. The van der Waals surface area contributed by atoms with Crippen molar-refractivity contribution in [2.24, 2.45) is 0 Å². The van der Waals surface area contributed by atoms with Crippen LogP contribution in [0.3, 0.4) is 0 Å². The van der Waals surface area contributed by atoms with Crippen molar-refractivity contribution in [3.8, 4) is 0 Å². The van der Waals surface area contributed by atoms with E-state index in [1.165, 1.54) is 0 Å². The molecule has 0 aliphatic carbocycles. The van der Waals surface area contributed by atoms with E-state index < -0.39 is 5.60 Å². The van der Waals surface area contributed by atoms with Gasteiger partial charge in [0.25, 0.3) is 5.91 Å². The summed E-state index contributed by atoms with van der Waals surface area (Å²) in [6, 6.07) is 5.21. The minimum Gasteiger partial charge on any atom is -0.451 e. The highest BCUT2D eigenvalue weighted by molar-refractivity contribution is 6.31. The van der Waals surface area contributed by atoms with E-state index in [1.54, 1.807) is 39.0 Å². The monoisotopic (exact) mass is 281 g/mol. The van der Waals surface area contributed by atoms with Crippen molar-refractivity contribution in [2.45, 2.75) is 26.4 Å². The van der Waals surface area contributed by atoms with Gasteiger partial charge in [-0.15, -0.1) is 0 Å². The molecular formula is C14H16ClNO3. The van der Waals surface area contributed by atoms with Crippen LogP contribution in [0.5, 0.6) is 0 Å². The van der Waals surface area contributed by atoms with Gasteiger partial charge in [0.15, 0.2) is 5.76 Å². The number of aliphatic hydroxyl groups is 1. The molecule has 0 radical (unpaired) electrons. The van der Waals surface area contributed by atoms with Crippen molar-refractivity contribution < 1.29 is 14.3 Å². The van der Waals surface area contributed by atoms with Crippen LogP contribution in [-0.2, 0) is 0 Å². The summed E-state index contributed by atoms with van der Waals surface area (Å²) in [5, 5.41) is 13.7. The molecule has 5 heteroatoms. The lowest BCUT2D eigenvalue weighted by atomic mass is 10.1. The molecule has 1 aromatic heterocycles. The molecule has 0 aliphatic heterocycles. The number of hydrogen-bond donors (Lipinski definition) is 2. The molecule has 0 unspecified atom stereocenters. The zero-order chi connectivity index (χ0) is 14.2. The molecule has 0 aliphatic rings. The van der Waals surface area contributed by atoms with Crippen molar-refractivity contribution in [1.29, 1.82) is 0 Å². The van der Waals surface area contributed by atoms with Crippen LogP contribution < -0.4 is 5.32 Å². The zero-order valence-electron chi connectivity index (χ0n) is 11.1. The fourth-order valence-corrected chi connectivity index (χ4v) is 1.96. The quantitative estimate of drug-likeness (QED) is 0.909. The highest BCUT2D eigenvalue weighted by atomic mass is 35.5. The molecule has 2 N–H and O–H groups in total. The summed E-state index contributed by atoms with van der Waals surface area (Å²) in [5.74, 6) is -0.0894. The fourth-order valence-electron chi connectivity index (χ4n) is 1.79. The fraction of sp³-hybridized carbons (Fsp3) is 0.357. The maximum absolute atomic E-state index is 12.0. The first-order valence-electron chi connectivity index (χ1n) is 5.97. The molecule has 4 nitrogen and oxygen atoms in total. The van der Waals surface area contributed by atoms with E-state index in [0.717, 1.165) is 10.9 Å². The molecule has 0 spiro atoms. The number of nitrogens with one attached hydrogen (secondary N) is 1. The minimum absolute atomic E-state index is 0.156. The molecule has 2 aromatic rings. The second-order valence-corrected chi connectivity index (χ2v) is 5.63. The maximum Gasteiger partial charge on any atom is 0.287 e. The number of fused-ring (bicyclic) bond motifs is 1. The van der Waals surface area contributed by atoms with Gasteiger partial charge in [0, 0.05) is 22.5 Å². The Morgan fingerprint density at radius 1 is 1.47 bits per heavy atom. The predicted molar refractivity (Wildman–Crippen MR) is 74.6 cm³/mol. The Bertz CT molecular complexity index is 625. The maximum atomic E-state index is 12.0. The van der Waals surface area contributed by atoms with Crippen LogP contribution >= 0.6 is 11.6 Å². The summed E-state index contributed by atoms with van der Waals surface area (Å²) in [4.78, 5) is 12.0. The van der Waals surface area contributed by atoms with Crippen LogP contribution in [0.4, 0.5) is 0 Å². The Labute approximate surface area is 116 Å². The Balaban J connectivity index is 2.30. The topological polar surface area (TPSA) is 62.5 Å². The molecule has 0 saturated carbocycles. The van der Waals surface area contributed by atoms with E-state index in [4.69, 9.17) is 16.0 Å². The van der Waals surface area contributed by atoms with Crippen LogP contribution in [0.15, 0.2) is 22.6 Å². The van der Waals surface area contributed by atoms with Crippen molar-refractivity contribution in [3.63, 3.8) is 0 Å². The minimum atomic E-state index is -0.959. The van der Waals surface area contributed by atoms with Gasteiger partial charge in [0.05, 0.1) is 5.60 Å². The second-order valence-electron chi connectivity index (χ2n) is 5.19. The lowest BCUT2D eigenvalue weighted by Gasteiger charge is -2.17. The Morgan fingerprint density at radius 2 is 2.16 bits per heavy atom. The van der Waals surface area contributed by atoms with Crippen LogP contribution in [0.25, 0.3) is 11.0 Å². The summed E-state index contributed by atoms with van der Waals surface area (Å²) < 4.78 is 5.53. The normalized spacial score (nSPS) is 11.8. The summed E-state index contributed by atoms with van der Waals surface area (Å²) in [7, 11) is 0. The molecule has 19 heavy (non-hydrogen) atoms.